The fourth-order valence-corrected chi connectivity index (χ4v) is 2.41. The van der Waals surface area contributed by atoms with E-state index >= 15 is 0 Å². The van der Waals surface area contributed by atoms with E-state index < -0.39 is 0 Å². The van der Waals surface area contributed by atoms with E-state index in [0.29, 0.717) is 0 Å². The van der Waals surface area contributed by atoms with E-state index in [1.807, 2.05) is 31.2 Å². The second-order valence-corrected chi connectivity index (χ2v) is 4.98. The molecule has 1 aromatic heterocycles. The van der Waals surface area contributed by atoms with Crippen LogP contribution in [-0.4, -0.2) is 36.4 Å². The number of hydrogen-bond acceptors (Lipinski definition) is 4. The van der Waals surface area contributed by atoms with Crippen LogP contribution >= 0.6 is 0 Å². The van der Waals surface area contributed by atoms with E-state index in [0.717, 1.165) is 43.4 Å². The molecule has 0 atom stereocenters. The van der Waals surface area contributed by atoms with Gasteiger partial charge >= 0.3 is 0 Å². The van der Waals surface area contributed by atoms with E-state index in [1.54, 1.807) is 0 Å². The number of hydrogen-bond donors (Lipinski definition) is 0. The van der Waals surface area contributed by atoms with Gasteiger partial charge in [-0.2, -0.15) is 5.10 Å². The normalized spacial score (nSPS) is 15.5. The lowest BCUT2D eigenvalue weighted by Crippen LogP contribution is -2.46. The van der Waals surface area contributed by atoms with Gasteiger partial charge in [-0.1, -0.05) is 0 Å². The van der Waals surface area contributed by atoms with Crippen LogP contribution in [0.25, 0.3) is 0 Å². The Balaban J connectivity index is 1.64. The number of anilines is 2. The van der Waals surface area contributed by atoms with E-state index in [2.05, 4.69) is 20.0 Å². The van der Waals surface area contributed by atoms with Crippen molar-refractivity contribution >= 4 is 11.5 Å². The van der Waals surface area contributed by atoms with Crippen molar-refractivity contribution in [1.82, 2.24) is 10.2 Å². The molecule has 5 heteroatoms. The molecule has 0 aliphatic carbocycles. The second kappa shape index (κ2) is 5.45. The van der Waals surface area contributed by atoms with Crippen LogP contribution in [0.2, 0.25) is 0 Å². The van der Waals surface area contributed by atoms with Gasteiger partial charge in [0, 0.05) is 31.9 Å². The number of rotatable bonds is 2. The maximum atomic E-state index is 12.9. The second-order valence-electron chi connectivity index (χ2n) is 4.98. The summed E-state index contributed by atoms with van der Waals surface area (Å²) in [4.78, 5) is 4.49. The van der Waals surface area contributed by atoms with E-state index in [1.165, 1.54) is 12.1 Å². The fraction of sp³-hybridized carbons (Fsp3) is 0.333. The number of halogens is 1. The Labute approximate surface area is 117 Å². The van der Waals surface area contributed by atoms with Gasteiger partial charge in [0.2, 0.25) is 0 Å². The molecule has 1 aliphatic rings. The molecule has 1 saturated heterocycles. The van der Waals surface area contributed by atoms with Crippen LogP contribution < -0.4 is 9.80 Å². The molecule has 2 heterocycles. The first-order valence-corrected chi connectivity index (χ1v) is 6.78. The largest absolute Gasteiger partial charge is 0.368 e. The minimum Gasteiger partial charge on any atom is -0.368 e. The summed E-state index contributed by atoms with van der Waals surface area (Å²) in [6.45, 7) is 5.54. The maximum Gasteiger partial charge on any atom is 0.151 e. The van der Waals surface area contributed by atoms with E-state index in [9.17, 15) is 4.39 Å². The minimum absolute atomic E-state index is 0.192. The minimum atomic E-state index is -0.192. The third-order valence-electron chi connectivity index (χ3n) is 3.58. The Kier molecular flexibility index (Phi) is 3.50. The highest BCUT2D eigenvalue weighted by Gasteiger charge is 2.18. The molecular weight excluding hydrogens is 255 g/mol. The smallest absolute Gasteiger partial charge is 0.151 e. The van der Waals surface area contributed by atoms with Crippen molar-refractivity contribution in [2.24, 2.45) is 0 Å². The fourth-order valence-electron chi connectivity index (χ4n) is 2.41. The summed E-state index contributed by atoms with van der Waals surface area (Å²) in [5.74, 6) is 0.733. The Bertz CT molecular complexity index is 506. The van der Waals surface area contributed by atoms with Crippen molar-refractivity contribution in [3.8, 4) is 0 Å². The standard InChI is InChI=1S/C15H17FN4/c1-12-2-7-15(18-17-12)20-10-8-19(9-11-20)14-5-3-13(16)4-6-14/h2-7H,8-11H2,1H3. The zero-order valence-electron chi connectivity index (χ0n) is 11.5. The van der Waals surface area contributed by atoms with Gasteiger partial charge in [0.25, 0.3) is 0 Å². The van der Waals surface area contributed by atoms with Gasteiger partial charge in [0.1, 0.15) is 5.82 Å². The van der Waals surface area contributed by atoms with Gasteiger partial charge < -0.3 is 9.80 Å². The Hall–Kier alpha value is -2.17. The third-order valence-corrected chi connectivity index (χ3v) is 3.58. The predicted molar refractivity (Wildman–Crippen MR) is 77.6 cm³/mol. The van der Waals surface area contributed by atoms with Crippen LogP contribution in [0.3, 0.4) is 0 Å². The molecule has 0 radical (unpaired) electrons. The Morgan fingerprint density at radius 3 is 2.10 bits per heavy atom. The van der Waals surface area contributed by atoms with Crippen LogP contribution in [0.15, 0.2) is 36.4 Å². The zero-order chi connectivity index (χ0) is 13.9. The van der Waals surface area contributed by atoms with E-state index in [-0.39, 0.29) is 5.82 Å². The molecule has 0 spiro atoms. The van der Waals surface area contributed by atoms with E-state index in [4.69, 9.17) is 0 Å². The molecule has 4 nitrogen and oxygen atoms in total. The van der Waals surface area contributed by atoms with Crippen molar-refractivity contribution in [2.75, 3.05) is 36.0 Å². The third kappa shape index (κ3) is 2.71. The highest BCUT2D eigenvalue weighted by Crippen LogP contribution is 2.19. The average molecular weight is 272 g/mol. The topological polar surface area (TPSA) is 32.3 Å². The quantitative estimate of drug-likeness (QED) is 0.839. The lowest BCUT2D eigenvalue weighted by molar-refractivity contribution is 0.623. The number of aryl methyl sites for hydroxylation is 1. The molecule has 104 valence electrons. The maximum absolute atomic E-state index is 12.9. The first-order valence-electron chi connectivity index (χ1n) is 6.78. The molecule has 3 rings (SSSR count). The zero-order valence-corrected chi connectivity index (χ0v) is 11.5. The van der Waals surface area contributed by atoms with Crippen molar-refractivity contribution in [3.63, 3.8) is 0 Å². The molecule has 1 fully saturated rings. The highest BCUT2D eigenvalue weighted by atomic mass is 19.1. The molecule has 0 unspecified atom stereocenters. The molecule has 1 aliphatic heterocycles. The number of aromatic nitrogens is 2. The van der Waals surface area contributed by atoms with Crippen molar-refractivity contribution in [3.05, 3.63) is 47.9 Å². The molecular formula is C15H17FN4. The predicted octanol–water partition coefficient (Wildman–Crippen LogP) is 2.25. The molecule has 0 bridgehead atoms. The molecule has 0 N–H and O–H groups in total. The number of benzene rings is 1. The molecule has 0 amide bonds. The summed E-state index contributed by atoms with van der Waals surface area (Å²) in [7, 11) is 0. The van der Waals surface area contributed by atoms with Gasteiger partial charge in [0.15, 0.2) is 5.82 Å². The Morgan fingerprint density at radius 2 is 1.50 bits per heavy atom. The number of nitrogens with zero attached hydrogens (tertiary/aromatic N) is 4. The summed E-state index contributed by atoms with van der Waals surface area (Å²) >= 11 is 0. The number of piperazine rings is 1. The Morgan fingerprint density at radius 1 is 0.850 bits per heavy atom. The first kappa shape index (κ1) is 12.8. The van der Waals surface area contributed by atoms with Gasteiger partial charge in [0.05, 0.1) is 5.69 Å². The molecule has 0 saturated carbocycles. The summed E-state index contributed by atoms with van der Waals surface area (Å²) < 4.78 is 12.9. The molecule has 20 heavy (non-hydrogen) atoms. The van der Waals surface area contributed by atoms with Gasteiger partial charge in [-0.3, -0.25) is 0 Å². The van der Waals surface area contributed by atoms with Crippen LogP contribution in [0.4, 0.5) is 15.9 Å². The first-order chi connectivity index (χ1) is 9.72. The van der Waals surface area contributed by atoms with Crippen LogP contribution in [0, 0.1) is 12.7 Å². The highest BCUT2D eigenvalue weighted by molar-refractivity contribution is 5.49. The monoisotopic (exact) mass is 272 g/mol. The average Bonchev–Trinajstić information content (AvgIpc) is 2.49. The lowest BCUT2D eigenvalue weighted by atomic mass is 10.2. The van der Waals surface area contributed by atoms with Crippen LogP contribution in [0.1, 0.15) is 5.69 Å². The summed E-state index contributed by atoms with van der Waals surface area (Å²) in [6.07, 6.45) is 0. The lowest BCUT2D eigenvalue weighted by Gasteiger charge is -2.36. The van der Waals surface area contributed by atoms with Gasteiger partial charge in [-0.25, -0.2) is 4.39 Å². The van der Waals surface area contributed by atoms with Crippen molar-refractivity contribution in [2.45, 2.75) is 6.92 Å². The van der Waals surface area contributed by atoms with Crippen LogP contribution in [-0.2, 0) is 0 Å². The van der Waals surface area contributed by atoms with Gasteiger partial charge in [-0.15, -0.1) is 5.10 Å². The summed E-state index contributed by atoms with van der Waals surface area (Å²) in [5, 5.41) is 8.31. The van der Waals surface area contributed by atoms with Gasteiger partial charge in [-0.05, 0) is 43.3 Å². The van der Waals surface area contributed by atoms with Crippen LogP contribution in [0.5, 0.6) is 0 Å². The van der Waals surface area contributed by atoms with Crippen molar-refractivity contribution < 1.29 is 4.39 Å². The molecule has 2 aromatic rings. The SMILES string of the molecule is Cc1ccc(N2CCN(c3ccc(F)cc3)CC2)nn1. The summed E-state index contributed by atoms with van der Waals surface area (Å²) in [5.41, 5.74) is 2.00. The van der Waals surface area contributed by atoms with Crippen molar-refractivity contribution in [1.29, 1.82) is 0 Å². The summed E-state index contributed by atoms with van der Waals surface area (Å²) in [6, 6.07) is 10.7. The molecule has 1 aromatic carbocycles.